The van der Waals surface area contributed by atoms with Gasteiger partial charge in [-0.2, -0.15) is 0 Å². The summed E-state index contributed by atoms with van der Waals surface area (Å²) in [6.07, 6.45) is 0. The molecule has 19 heavy (non-hydrogen) atoms. The van der Waals surface area contributed by atoms with Gasteiger partial charge in [0, 0.05) is 11.1 Å². The molecule has 0 amide bonds. The second-order valence-electron chi connectivity index (χ2n) is 4.22. The second kappa shape index (κ2) is 5.80. The standard InChI is InChI=1S/C15H14FNOS/c1-10-4-2-3-5-14(10)18-9-11-8-12(16)6-7-13(11)15(17)19/h2-8H,9H2,1H3,(H2,17,19). The van der Waals surface area contributed by atoms with Crippen molar-refractivity contribution in [2.24, 2.45) is 5.73 Å². The normalized spacial score (nSPS) is 10.2. The maximum atomic E-state index is 13.3. The maximum absolute atomic E-state index is 13.3. The van der Waals surface area contributed by atoms with E-state index in [-0.39, 0.29) is 17.4 Å². The largest absolute Gasteiger partial charge is 0.489 e. The number of ether oxygens (including phenoxy) is 1. The van der Waals surface area contributed by atoms with Crippen LogP contribution in [0.2, 0.25) is 0 Å². The molecule has 0 bridgehead atoms. The number of rotatable bonds is 4. The molecule has 0 unspecified atom stereocenters. The van der Waals surface area contributed by atoms with Gasteiger partial charge in [-0.15, -0.1) is 0 Å². The first-order valence-corrected chi connectivity index (χ1v) is 6.25. The molecule has 2 aromatic carbocycles. The van der Waals surface area contributed by atoms with Crippen molar-refractivity contribution in [1.29, 1.82) is 0 Å². The average molecular weight is 275 g/mol. The molecule has 2 N–H and O–H groups in total. The fraction of sp³-hybridized carbons (Fsp3) is 0.133. The Bertz CT molecular complexity index is 613. The fourth-order valence-corrected chi connectivity index (χ4v) is 2.00. The SMILES string of the molecule is Cc1ccccc1OCc1cc(F)ccc1C(N)=S. The number of aryl methyl sites for hydroxylation is 1. The predicted molar refractivity (Wildman–Crippen MR) is 77.8 cm³/mol. The summed E-state index contributed by atoms with van der Waals surface area (Å²) in [7, 11) is 0. The van der Waals surface area contributed by atoms with Gasteiger partial charge < -0.3 is 10.5 Å². The minimum atomic E-state index is -0.330. The third kappa shape index (κ3) is 3.29. The lowest BCUT2D eigenvalue weighted by molar-refractivity contribution is 0.303. The van der Waals surface area contributed by atoms with E-state index in [1.54, 1.807) is 6.07 Å². The lowest BCUT2D eigenvalue weighted by Gasteiger charge is -2.12. The lowest BCUT2D eigenvalue weighted by Crippen LogP contribution is -2.14. The Morgan fingerprint density at radius 2 is 2.00 bits per heavy atom. The smallest absolute Gasteiger partial charge is 0.123 e. The first kappa shape index (κ1) is 13.5. The highest BCUT2D eigenvalue weighted by Gasteiger charge is 2.08. The molecule has 0 aliphatic heterocycles. The Balaban J connectivity index is 2.22. The summed E-state index contributed by atoms with van der Waals surface area (Å²) in [5, 5.41) is 0. The van der Waals surface area contributed by atoms with E-state index >= 15 is 0 Å². The monoisotopic (exact) mass is 275 g/mol. The first-order valence-electron chi connectivity index (χ1n) is 5.84. The topological polar surface area (TPSA) is 35.2 Å². The van der Waals surface area contributed by atoms with Crippen molar-refractivity contribution in [3.05, 3.63) is 65.0 Å². The number of hydrogen-bond donors (Lipinski definition) is 1. The minimum Gasteiger partial charge on any atom is -0.489 e. The summed E-state index contributed by atoms with van der Waals surface area (Å²) in [4.78, 5) is 0.239. The summed E-state index contributed by atoms with van der Waals surface area (Å²) < 4.78 is 19.0. The quantitative estimate of drug-likeness (QED) is 0.869. The van der Waals surface area contributed by atoms with E-state index in [0.29, 0.717) is 11.1 Å². The van der Waals surface area contributed by atoms with Crippen LogP contribution >= 0.6 is 12.2 Å². The maximum Gasteiger partial charge on any atom is 0.123 e. The molecular weight excluding hydrogens is 261 g/mol. The highest BCUT2D eigenvalue weighted by molar-refractivity contribution is 7.80. The summed E-state index contributed by atoms with van der Waals surface area (Å²) in [6, 6.07) is 12.0. The molecule has 0 spiro atoms. The highest BCUT2D eigenvalue weighted by Crippen LogP contribution is 2.19. The van der Waals surface area contributed by atoms with E-state index in [4.69, 9.17) is 22.7 Å². The number of para-hydroxylation sites is 1. The Hall–Kier alpha value is -1.94. The summed E-state index contributed by atoms with van der Waals surface area (Å²) >= 11 is 4.95. The van der Waals surface area contributed by atoms with Gasteiger partial charge in [-0.05, 0) is 36.8 Å². The second-order valence-corrected chi connectivity index (χ2v) is 4.66. The van der Waals surface area contributed by atoms with Crippen LogP contribution in [0.3, 0.4) is 0 Å². The molecule has 0 aliphatic rings. The zero-order valence-electron chi connectivity index (χ0n) is 10.5. The third-order valence-corrected chi connectivity index (χ3v) is 3.03. The molecule has 0 heterocycles. The van der Waals surface area contributed by atoms with E-state index in [1.807, 2.05) is 31.2 Å². The van der Waals surface area contributed by atoms with Crippen molar-refractivity contribution in [2.75, 3.05) is 0 Å². The van der Waals surface area contributed by atoms with Gasteiger partial charge in [0.05, 0.1) is 0 Å². The number of benzene rings is 2. The predicted octanol–water partition coefficient (Wildman–Crippen LogP) is 3.35. The summed E-state index contributed by atoms with van der Waals surface area (Å²) in [5.74, 6) is 0.434. The van der Waals surface area contributed by atoms with Crippen molar-refractivity contribution in [3.63, 3.8) is 0 Å². The number of nitrogens with two attached hydrogens (primary N) is 1. The minimum absolute atomic E-state index is 0.231. The van der Waals surface area contributed by atoms with E-state index in [1.165, 1.54) is 12.1 Å². The van der Waals surface area contributed by atoms with Crippen LogP contribution in [0.4, 0.5) is 4.39 Å². The van der Waals surface area contributed by atoms with Crippen LogP contribution < -0.4 is 10.5 Å². The van der Waals surface area contributed by atoms with Crippen molar-refractivity contribution in [3.8, 4) is 5.75 Å². The number of halogens is 1. The van der Waals surface area contributed by atoms with Crippen LogP contribution in [0.15, 0.2) is 42.5 Å². The van der Waals surface area contributed by atoms with Gasteiger partial charge in [-0.25, -0.2) is 4.39 Å². The number of hydrogen-bond acceptors (Lipinski definition) is 2. The third-order valence-electron chi connectivity index (χ3n) is 2.81. The zero-order chi connectivity index (χ0) is 13.8. The van der Waals surface area contributed by atoms with Crippen LogP contribution in [0.1, 0.15) is 16.7 Å². The Kier molecular flexibility index (Phi) is 4.12. The van der Waals surface area contributed by atoms with E-state index in [2.05, 4.69) is 0 Å². The molecule has 0 atom stereocenters. The highest BCUT2D eigenvalue weighted by atomic mass is 32.1. The first-order chi connectivity index (χ1) is 9.08. The molecule has 0 saturated heterocycles. The van der Waals surface area contributed by atoms with Gasteiger partial charge in [-0.3, -0.25) is 0 Å². The van der Waals surface area contributed by atoms with E-state index in [9.17, 15) is 4.39 Å². The molecule has 98 valence electrons. The van der Waals surface area contributed by atoms with Gasteiger partial charge in [-0.1, -0.05) is 30.4 Å². The molecule has 4 heteroatoms. The molecule has 2 aromatic rings. The molecule has 0 fully saturated rings. The van der Waals surface area contributed by atoms with Crippen molar-refractivity contribution in [2.45, 2.75) is 13.5 Å². The van der Waals surface area contributed by atoms with Crippen molar-refractivity contribution < 1.29 is 9.13 Å². The van der Waals surface area contributed by atoms with E-state index < -0.39 is 0 Å². The van der Waals surface area contributed by atoms with Crippen LogP contribution in [0.25, 0.3) is 0 Å². The van der Waals surface area contributed by atoms with Crippen LogP contribution in [-0.4, -0.2) is 4.99 Å². The van der Waals surface area contributed by atoms with E-state index in [0.717, 1.165) is 11.3 Å². The number of thiocarbonyl (C=S) groups is 1. The Morgan fingerprint density at radius 1 is 1.26 bits per heavy atom. The van der Waals surface area contributed by atoms with Gasteiger partial charge in [0.25, 0.3) is 0 Å². The summed E-state index contributed by atoms with van der Waals surface area (Å²) in [5.41, 5.74) is 7.93. The van der Waals surface area contributed by atoms with Crippen LogP contribution in [0.5, 0.6) is 5.75 Å². The van der Waals surface area contributed by atoms with Crippen LogP contribution in [-0.2, 0) is 6.61 Å². The lowest BCUT2D eigenvalue weighted by atomic mass is 10.1. The molecule has 0 radical (unpaired) electrons. The Labute approximate surface area is 117 Å². The van der Waals surface area contributed by atoms with Crippen molar-refractivity contribution >= 4 is 17.2 Å². The van der Waals surface area contributed by atoms with Crippen molar-refractivity contribution in [1.82, 2.24) is 0 Å². The average Bonchev–Trinajstić information content (AvgIpc) is 2.37. The van der Waals surface area contributed by atoms with Gasteiger partial charge >= 0.3 is 0 Å². The van der Waals surface area contributed by atoms with Gasteiger partial charge in [0.1, 0.15) is 23.2 Å². The summed E-state index contributed by atoms with van der Waals surface area (Å²) in [6.45, 7) is 2.19. The van der Waals surface area contributed by atoms with Gasteiger partial charge in [0.2, 0.25) is 0 Å². The Morgan fingerprint density at radius 3 is 2.68 bits per heavy atom. The van der Waals surface area contributed by atoms with Crippen LogP contribution in [0, 0.1) is 12.7 Å². The molecule has 2 rings (SSSR count). The molecule has 0 saturated carbocycles. The zero-order valence-corrected chi connectivity index (χ0v) is 11.3. The molecule has 0 aliphatic carbocycles. The van der Waals surface area contributed by atoms with Gasteiger partial charge in [0.15, 0.2) is 0 Å². The molecule has 0 aromatic heterocycles. The molecular formula is C15H14FNOS. The fourth-order valence-electron chi connectivity index (χ4n) is 1.80. The molecule has 2 nitrogen and oxygen atoms in total.